The van der Waals surface area contributed by atoms with E-state index in [1.54, 1.807) is 20.2 Å². The van der Waals surface area contributed by atoms with Crippen LogP contribution in [0.5, 0.6) is 5.75 Å². The molecule has 3 rings (SSSR count). The summed E-state index contributed by atoms with van der Waals surface area (Å²) in [6, 6.07) is 4.01. The number of imidazole rings is 1. The number of hydrogen-bond donors (Lipinski definition) is 1. The number of aromatic nitrogens is 4. The van der Waals surface area contributed by atoms with Crippen LogP contribution in [0.15, 0.2) is 21.7 Å². The Morgan fingerprint density at radius 2 is 1.80 bits per heavy atom. The zero-order valence-corrected chi connectivity index (χ0v) is 14.9. The van der Waals surface area contributed by atoms with E-state index in [1.165, 1.54) is 11.6 Å². The lowest BCUT2D eigenvalue weighted by atomic mass is 10.0. The van der Waals surface area contributed by atoms with E-state index in [1.807, 2.05) is 32.1 Å². The standard InChI is InChI=1S/C18H20N4O3/c1-10-9-13(25-5)11(2)8-12(10)6-7-14-19-15-16(20-14)21(3)18(24)22(4)17(15)23/h6-9H,1-5H3,(H,19,20)/b7-6+. The Labute approximate surface area is 144 Å². The minimum Gasteiger partial charge on any atom is -0.496 e. The Morgan fingerprint density at radius 1 is 1.08 bits per heavy atom. The van der Waals surface area contributed by atoms with Crippen LogP contribution in [-0.2, 0) is 14.1 Å². The highest BCUT2D eigenvalue weighted by molar-refractivity contribution is 5.76. The molecule has 1 aromatic carbocycles. The average molecular weight is 340 g/mol. The third-order valence-electron chi connectivity index (χ3n) is 4.32. The molecule has 0 unspecified atom stereocenters. The molecule has 0 bridgehead atoms. The van der Waals surface area contributed by atoms with Crippen LogP contribution in [0.2, 0.25) is 0 Å². The number of hydrogen-bond acceptors (Lipinski definition) is 4. The van der Waals surface area contributed by atoms with Gasteiger partial charge in [0.1, 0.15) is 17.1 Å². The van der Waals surface area contributed by atoms with E-state index in [-0.39, 0.29) is 5.56 Å². The van der Waals surface area contributed by atoms with Crippen molar-refractivity contribution in [1.29, 1.82) is 0 Å². The molecule has 0 amide bonds. The molecule has 1 N–H and O–H groups in total. The molecule has 130 valence electrons. The van der Waals surface area contributed by atoms with Crippen LogP contribution < -0.4 is 16.0 Å². The molecule has 0 spiro atoms. The van der Waals surface area contributed by atoms with Crippen LogP contribution in [0.4, 0.5) is 0 Å². The summed E-state index contributed by atoms with van der Waals surface area (Å²) < 4.78 is 7.74. The summed E-state index contributed by atoms with van der Waals surface area (Å²) in [5.41, 5.74) is 3.00. The average Bonchev–Trinajstić information content (AvgIpc) is 3.03. The molecule has 7 heteroatoms. The van der Waals surface area contributed by atoms with Crippen LogP contribution in [-0.4, -0.2) is 26.2 Å². The van der Waals surface area contributed by atoms with Crippen LogP contribution in [0, 0.1) is 13.8 Å². The number of methoxy groups -OCH3 is 1. The molecule has 0 fully saturated rings. The lowest BCUT2D eigenvalue weighted by molar-refractivity contribution is 0.411. The number of aryl methyl sites for hydroxylation is 3. The zero-order chi connectivity index (χ0) is 18.3. The number of fused-ring (bicyclic) bond motifs is 1. The maximum absolute atomic E-state index is 12.2. The highest BCUT2D eigenvalue weighted by atomic mass is 16.5. The fourth-order valence-electron chi connectivity index (χ4n) is 2.80. The van der Waals surface area contributed by atoms with Gasteiger partial charge >= 0.3 is 5.69 Å². The van der Waals surface area contributed by atoms with Gasteiger partial charge in [-0.05, 0) is 48.7 Å². The molecule has 2 aromatic heterocycles. The molecule has 25 heavy (non-hydrogen) atoms. The van der Waals surface area contributed by atoms with Crippen molar-refractivity contribution in [1.82, 2.24) is 19.1 Å². The first-order chi connectivity index (χ1) is 11.8. The molecule has 0 saturated heterocycles. The monoisotopic (exact) mass is 340 g/mol. The number of H-pyrrole nitrogens is 1. The van der Waals surface area contributed by atoms with Gasteiger partial charge in [0.05, 0.1) is 7.11 Å². The minimum absolute atomic E-state index is 0.312. The smallest absolute Gasteiger partial charge is 0.332 e. The molecular formula is C18H20N4O3. The second kappa shape index (κ2) is 6.08. The Morgan fingerprint density at radius 3 is 2.48 bits per heavy atom. The van der Waals surface area contributed by atoms with Gasteiger partial charge in [-0.2, -0.15) is 0 Å². The quantitative estimate of drug-likeness (QED) is 0.788. The predicted molar refractivity (Wildman–Crippen MR) is 98.0 cm³/mol. The van der Waals surface area contributed by atoms with Gasteiger partial charge in [0.15, 0.2) is 5.65 Å². The lowest BCUT2D eigenvalue weighted by Crippen LogP contribution is -2.36. The van der Waals surface area contributed by atoms with Crippen molar-refractivity contribution in [3.63, 3.8) is 0 Å². The van der Waals surface area contributed by atoms with Gasteiger partial charge in [-0.15, -0.1) is 0 Å². The van der Waals surface area contributed by atoms with Crippen molar-refractivity contribution >= 4 is 23.3 Å². The summed E-state index contributed by atoms with van der Waals surface area (Å²) in [6.07, 6.45) is 3.71. The molecule has 2 heterocycles. The SMILES string of the molecule is COc1cc(C)c(/C=C/c2nc3c([nH]2)c(=O)n(C)c(=O)n3C)cc1C. The first kappa shape index (κ1) is 16.8. The Balaban J connectivity index is 2.07. The fourth-order valence-corrected chi connectivity index (χ4v) is 2.80. The van der Waals surface area contributed by atoms with Gasteiger partial charge in [-0.25, -0.2) is 9.78 Å². The van der Waals surface area contributed by atoms with Crippen molar-refractivity contribution in [2.45, 2.75) is 13.8 Å². The molecule has 0 atom stereocenters. The molecule has 7 nitrogen and oxygen atoms in total. The molecule has 0 radical (unpaired) electrons. The maximum atomic E-state index is 12.2. The summed E-state index contributed by atoms with van der Waals surface area (Å²) in [5.74, 6) is 1.36. The molecule has 3 aromatic rings. The van der Waals surface area contributed by atoms with Crippen LogP contribution in [0.25, 0.3) is 23.3 Å². The summed E-state index contributed by atoms with van der Waals surface area (Å²) in [5, 5.41) is 0. The van der Waals surface area contributed by atoms with Crippen molar-refractivity contribution in [2.75, 3.05) is 7.11 Å². The molecular weight excluding hydrogens is 320 g/mol. The first-order valence-electron chi connectivity index (χ1n) is 7.82. The summed E-state index contributed by atoms with van der Waals surface area (Å²) in [4.78, 5) is 31.5. The van der Waals surface area contributed by atoms with Crippen molar-refractivity contribution < 1.29 is 4.74 Å². The number of benzene rings is 1. The van der Waals surface area contributed by atoms with E-state index in [0.717, 1.165) is 27.0 Å². The van der Waals surface area contributed by atoms with E-state index in [9.17, 15) is 9.59 Å². The number of rotatable bonds is 3. The molecule has 0 aliphatic carbocycles. The highest BCUT2D eigenvalue weighted by Crippen LogP contribution is 2.23. The highest BCUT2D eigenvalue weighted by Gasteiger charge is 2.12. The topological polar surface area (TPSA) is 81.9 Å². The summed E-state index contributed by atoms with van der Waals surface area (Å²) >= 11 is 0. The van der Waals surface area contributed by atoms with E-state index in [0.29, 0.717) is 17.0 Å². The van der Waals surface area contributed by atoms with Gasteiger partial charge in [0.25, 0.3) is 5.56 Å². The maximum Gasteiger partial charge on any atom is 0.332 e. The van der Waals surface area contributed by atoms with E-state index in [2.05, 4.69) is 9.97 Å². The predicted octanol–water partition coefficient (Wildman–Crippen LogP) is 1.76. The number of aromatic amines is 1. The van der Waals surface area contributed by atoms with Gasteiger partial charge in [0.2, 0.25) is 0 Å². The van der Waals surface area contributed by atoms with Crippen LogP contribution in [0.1, 0.15) is 22.5 Å². The van der Waals surface area contributed by atoms with Crippen LogP contribution >= 0.6 is 0 Å². The summed E-state index contributed by atoms with van der Waals surface area (Å²) in [6.45, 7) is 3.98. The van der Waals surface area contributed by atoms with Crippen molar-refractivity contribution in [3.05, 3.63) is 55.5 Å². The van der Waals surface area contributed by atoms with E-state index in [4.69, 9.17) is 4.74 Å². The normalized spacial score (nSPS) is 11.6. The second-order valence-corrected chi connectivity index (χ2v) is 6.04. The lowest BCUT2D eigenvalue weighted by Gasteiger charge is -2.08. The first-order valence-corrected chi connectivity index (χ1v) is 7.82. The van der Waals surface area contributed by atoms with Crippen molar-refractivity contribution in [3.8, 4) is 5.75 Å². The van der Waals surface area contributed by atoms with Gasteiger partial charge in [-0.1, -0.05) is 6.08 Å². The largest absolute Gasteiger partial charge is 0.496 e. The van der Waals surface area contributed by atoms with Crippen LogP contribution in [0.3, 0.4) is 0 Å². The van der Waals surface area contributed by atoms with Gasteiger partial charge in [0, 0.05) is 14.1 Å². The van der Waals surface area contributed by atoms with E-state index >= 15 is 0 Å². The third-order valence-corrected chi connectivity index (χ3v) is 4.32. The van der Waals surface area contributed by atoms with Crippen molar-refractivity contribution in [2.24, 2.45) is 14.1 Å². The fraction of sp³-hybridized carbons (Fsp3) is 0.278. The molecule has 0 aliphatic heterocycles. The second-order valence-electron chi connectivity index (χ2n) is 6.04. The summed E-state index contributed by atoms with van der Waals surface area (Å²) in [7, 11) is 4.69. The van der Waals surface area contributed by atoms with Gasteiger partial charge < -0.3 is 9.72 Å². The Hall–Kier alpha value is -3.09. The number of ether oxygens (including phenoxy) is 1. The minimum atomic E-state index is -0.402. The van der Waals surface area contributed by atoms with E-state index < -0.39 is 5.69 Å². The molecule has 0 saturated carbocycles. The third kappa shape index (κ3) is 2.77. The Bertz CT molecular complexity index is 1120. The zero-order valence-electron chi connectivity index (χ0n) is 14.9. The molecule has 0 aliphatic rings. The number of nitrogens with one attached hydrogen (secondary N) is 1. The van der Waals surface area contributed by atoms with Gasteiger partial charge in [-0.3, -0.25) is 13.9 Å². The Kier molecular flexibility index (Phi) is 4.08. The number of nitrogens with zero attached hydrogens (tertiary/aromatic N) is 3.